The van der Waals surface area contributed by atoms with Gasteiger partial charge in [0, 0.05) is 42.3 Å². The summed E-state index contributed by atoms with van der Waals surface area (Å²) in [6.07, 6.45) is 2.83. The Balaban J connectivity index is 1.20. The molecule has 2 N–H and O–H groups in total. The number of aromatic nitrogens is 2. The Labute approximate surface area is 238 Å². The van der Waals surface area contributed by atoms with Crippen LogP contribution in [-0.2, 0) is 20.1 Å². The third-order valence-electron chi connectivity index (χ3n) is 7.21. The predicted molar refractivity (Wildman–Crippen MR) is 158 cm³/mol. The van der Waals surface area contributed by atoms with Gasteiger partial charge < -0.3 is 15.0 Å². The van der Waals surface area contributed by atoms with Crippen LogP contribution in [0.15, 0.2) is 65.6 Å². The summed E-state index contributed by atoms with van der Waals surface area (Å²) in [7, 11) is 1.85. The van der Waals surface area contributed by atoms with Crippen molar-refractivity contribution in [3.63, 3.8) is 0 Å². The van der Waals surface area contributed by atoms with Gasteiger partial charge >= 0.3 is 0 Å². The number of fused-ring (bicyclic) bond motifs is 2. The van der Waals surface area contributed by atoms with Crippen LogP contribution in [0.2, 0.25) is 5.02 Å². The van der Waals surface area contributed by atoms with Crippen LogP contribution in [-0.4, -0.2) is 38.1 Å². The van der Waals surface area contributed by atoms with Crippen LogP contribution in [0, 0.1) is 0 Å². The Hall–Kier alpha value is -3.08. The zero-order valence-corrected chi connectivity index (χ0v) is 23.7. The minimum Gasteiger partial charge on any atom is -0.384 e. The van der Waals surface area contributed by atoms with E-state index in [1.54, 1.807) is 41.0 Å². The maximum absolute atomic E-state index is 13.3. The highest BCUT2D eigenvalue weighted by molar-refractivity contribution is 7.19. The van der Waals surface area contributed by atoms with Gasteiger partial charge in [0.05, 0.1) is 15.6 Å². The molecule has 1 aliphatic heterocycles. The number of aliphatic hydroxyl groups is 1. The standard InChI is InChI=1S/C29H27ClN4O3S2/c1-33-16-21(27(37)31-14-17-8-10-18(30)11-9-17)25(35)20-13-19(38-29(20)33)15-34-12-4-6-23(34)26(36)28-32-22-5-2-3-7-24(22)39-28/h2-3,5,7-11,13,16,23,26,36H,4,6,12,14-15H2,1H3,(H,31,37)/t23-,26?/m1/s1. The van der Waals surface area contributed by atoms with Crippen LogP contribution < -0.4 is 10.7 Å². The Morgan fingerprint density at radius 2 is 2.00 bits per heavy atom. The summed E-state index contributed by atoms with van der Waals surface area (Å²) in [5, 5.41) is 16.0. The quantitative estimate of drug-likeness (QED) is 0.267. The maximum atomic E-state index is 13.3. The van der Waals surface area contributed by atoms with Crippen molar-refractivity contribution in [2.45, 2.75) is 38.1 Å². The number of benzene rings is 2. The van der Waals surface area contributed by atoms with Gasteiger partial charge in [-0.2, -0.15) is 0 Å². The first-order valence-electron chi connectivity index (χ1n) is 12.8. The molecule has 0 spiro atoms. The number of nitrogens with one attached hydrogen (secondary N) is 1. The molecule has 6 rings (SSSR count). The molecule has 0 saturated carbocycles. The SMILES string of the molecule is Cn1cc(C(=O)NCc2ccc(Cl)cc2)c(=O)c2cc(CN3CCC[C@@H]3C(O)c3nc4ccccc4s3)sc21. The minimum atomic E-state index is -0.665. The number of pyridine rings is 1. The van der Waals surface area contributed by atoms with Gasteiger partial charge in [-0.1, -0.05) is 35.9 Å². The molecule has 2 aromatic carbocycles. The number of para-hydroxylation sites is 1. The van der Waals surface area contributed by atoms with E-state index in [2.05, 4.69) is 15.2 Å². The van der Waals surface area contributed by atoms with Crippen LogP contribution in [0.4, 0.5) is 0 Å². The lowest BCUT2D eigenvalue weighted by atomic mass is 10.1. The molecule has 5 aromatic rings. The molecule has 1 aliphatic rings. The van der Waals surface area contributed by atoms with Gasteiger partial charge in [0.1, 0.15) is 21.5 Å². The molecule has 7 nitrogen and oxygen atoms in total. The van der Waals surface area contributed by atoms with E-state index in [0.29, 0.717) is 23.5 Å². The fourth-order valence-corrected chi connectivity index (χ4v) is 7.47. The summed E-state index contributed by atoms with van der Waals surface area (Å²) >= 11 is 9.03. The van der Waals surface area contributed by atoms with E-state index in [1.165, 1.54) is 0 Å². The van der Waals surface area contributed by atoms with E-state index in [4.69, 9.17) is 11.6 Å². The van der Waals surface area contributed by atoms with Crippen LogP contribution in [0.1, 0.15) is 44.8 Å². The molecule has 0 bridgehead atoms. The summed E-state index contributed by atoms with van der Waals surface area (Å²) < 4.78 is 2.92. The fraction of sp³-hybridized carbons (Fsp3) is 0.276. The largest absolute Gasteiger partial charge is 0.384 e. The lowest BCUT2D eigenvalue weighted by molar-refractivity contribution is 0.0693. The fourth-order valence-electron chi connectivity index (χ4n) is 5.22. The molecular formula is C29H27ClN4O3S2. The first-order chi connectivity index (χ1) is 18.9. The zero-order valence-electron chi connectivity index (χ0n) is 21.3. The van der Waals surface area contributed by atoms with Gasteiger partial charge in [-0.15, -0.1) is 22.7 Å². The first-order valence-corrected chi connectivity index (χ1v) is 14.8. The van der Waals surface area contributed by atoms with Crippen molar-refractivity contribution in [1.29, 1.82) is 0 Å². The van der Waals surface area contributed by atoms with Crippen molar-refractivity contribution < 1.29 is 9.90 Å². The molecule has 1 saturated heterocycles. The summed E-state index contributed by atoms with van der Waals surface area (Å²) in [5.41, 5.74) is 1.66. The number of likely N-dealkylation sites (tertiary alicyclic amines) is 1. The predicted octanol–water partition coefficient (Wildman–Crippen LogP) is 5.49. The summed E-state index contributed by atoms with van der Waals surface area (Å²) in [4.78, 5) is 35.1. The highest BCUT2D eigenvalue weighted by Gasteiger charge is 2.33. The lowest BCUT2D eigenvalue weighted by Gasteiger charge is -2.27. The van der Waals surface area contributed by atoms with E-state index >= 15 is 0 Å². The van der Waals surface area contributed by atoms with Gasteiger partial charge in [-0.05, 0) is 55.3 Å². The summed E-state index contributed by atoms with van der Waals surface area (Å²) in [6, 6.07) is 17.0. The summed E-state index contributed by atoms with van der Waals surface area (Å²) in [6.45, 7) is 1.80. The van der Waals surface area contributed by atoms with Gasteiger partial charge in [0.2, 0.25) is 5.43 Å². The van der Waals surface area contributed by atoms with Gasteiger partial charge in [-0.25, -0.2) is 4.98 Å². The van der Waals surface area contributed by atoms with E-state index in [9.17, 15) is 14.7 Å². The van der Waals surface area contributed by atoms with Crippen molar-refractivity contribution in [3.05, 3.63) is 97.1 Å². The molecule has 200 valence electrons. The molecular weight excluding hydrogens is 552 g/mol. The summed E-state index contributed by atoms with van der Waals surface area (Å²) in [5.74, 6) is -0.404. The van der Waals surface area contributed by atoms with E-state index in [-0.39, 0.29) is 17.0 Å². The lowest BCUT2D eigenvalue weighted by Crippen LogP contribution is -2.33. The zero-order chi connectivity index (χ0) is 27.1. The number of thiazole rings is 1. The number of halogens is 1. The third-order valence-corrected chi connectivity index (χ3v) is 9.78. The number of nitrogens with zero attached hydrogens (tertiary/aromatic N) is 3. The molecule has 1 amide bonds. The first kappa shape index (κ1) is 26.2. The second-order valence-corrected chi connectivity index (χ2v) is 12.5. The molecule has 0 aliphatic carbocycles. The Morgan fingerprint density at radius 3 is 2.79 bits per heavy atom. The number of hydrogen-bond acceptors (Lipinski definition) is 7. The van der Waals surface area contributed by atoms with Crippen LogP contribution in [0.3, 0.4) is 0 Å². The number of thiophene rings is 1. The van der Waals surface area contributed by atoms with E-state index in [0.717, 1.165) is 49.9 Å². The van der Waals surface area contributed by atoms with Crippen molar-refractivity contribution >= 4 is 60.6 Å². The molecule has 1 fully saturated rings. The Morgan fingerprint density at radius 1 is 1.21 bits per heavy atom. The minimum absolute atomic E-state index is 0.0366. The number of hydrogen-bond donors (Lipinski definition) is 2. The molecule has 0 radical (unpaired) electrons. The maximum Gasteiger partial charge on any atom is 0.257 e. The third kappa shape index (κ3) is 5.25. The number of rotatable bonds is 7. The van der Waals surface area contributed by atoms with Crippen LogP contribution in [0.5, 0.6) is 0 Å². The van der Waals surface area contributed by atoms with E-state index < -0.39 is 12.0 Å². The van der Waals surface area contributed by atoms with Crippen molar-refractivity contribution in [1.82, 2.24) is 19.8 Å². The highest BCUT2D eigenvalue weighted by atomic mass is 35.5. The molecule has 1 unspecified atom stereocenters. The average molecular weight is 579 g/mol. The van der Waals surface area contributed by atoms with Crippen molar-refractivity contribution in [3.8, 4) is 0 Å². The van der Waals surface area contributed by atoms with Gasteiger partial charge in [-0.3, -0.25) is 14.5 Å². The van der Waals surface area contributed by atoms with E-state index in [1.807, 2.05) is 54.1 Å². The number of aryl methyl sites for hydroxylation is 1. The Bertz CT molecular complexity index is 1690. The molecule has 4 heterocycles. The number of carbonyl (C=O) groups excluding carboxylic acids is 1. The molecule has 39 heavy (non-hydrogen) atoms. The average Bonchev–Trinajstić information content (AvgIpc) is 3.68. The monoisotopic (exact) mass is 578 g/mol. The van der Waals surface area contributed by atoms with Crippen molar-refractivity contribution in [2.75, 3.05) is 6.54 Å². The smallest absolute Gasteiger partial charge is 0.257 e. The number of aliphatic hydroxyl groups excluding tert-OH is 1. The highest BCUT2D eigenvalue weighted by Crippen LogP contribution is 2.35. The number of amides is 1. The second kappa shape index (κ2) is 10.8. The number of carbonyl (C=O) groups is 1. The van der Waals surface area contributed by atoms with Gasteiger partial charge in [0.15, 0.2) is 0 Å². The second-order valence-electron chi connectivity index (χ2n) is 9.87. The van der Waals surface area contributed by atoms with Crippen LogP contribution >= 0.6 is 34.3 Å². The molecule has 10 heteroatoms. The van der Waals surface area contributed by atoms with Crippen molar-refractivity contribution in [2.24, 2.45) is 7.05 Å². The Kier molecular flexibility index (Phi) is 7.26. The molecule has 2 atom stereocenters. The topological polar surface area (TPSA) is 87.5 Å². The van der Waals surface area contributed by atoms with Gasteiger partial charge in [0.25, 0.3) is 5.91 Å². The van der Waals surface area contributed by atoms with Crippen LogP contribution in [0.25, 0.3) is 20.4 Å². The molecule has 3 aromatic heterocycles. The normalized spacial score (nSPS) is 16.7.